The summed E-state index contributed by atoms with van der Waals surface area (Å²) in [6.45, 7) is 3.48. The first-order valence-electron chi connectivity index (χ1n) is 7.64. The fourth-order valence-electron chi connectivity index (χ4n) is 1.93. The van der Waals surface area contributed by atoms with E-state index in [0.29, 0.717) is 5.01 Å². The summed E-state index contributed by atoms with van der Waals surface area (Å²) in [6.07, 6.45) is 0.833. The van der Waals surface area contributed by atoms with Crippen molar-refractivity contribution in [2.75, 3.05) is 0 Å². The quantitative estimate of drug-likeness (QED) is 0.340. The van der Waals surface area contributed by atoms with E-state index < -0.39 is 23.0 Å². The van der Waals surface area contributed by atoms with Gasteiger partial charge in [-0.2, -0.15) is 0 Å². The van der Waals surface area contributed by atoms with Gasteiger partial charge < -0.3 is 14.8 Å². The van der Waals surface area contributed by atoms with Crippen molar-refractivity contribution in [2.45, 2.75) is 26.5 Å². The van der Waals surface area contributed by atoms with Gasteiger partial charge in [0.1, 0.15) is 23.4 Å². The van der Waals surface area contributed by atoms with Crippen molar-refractivity contribution in [3.8, 4) is 5.75 Å². The molecule has 0 fully saturated rings. The summed E-state index contributed by atoms with van der Waals surface area (Å²) in [6, 6.07) is 4.14. The summed E-state index contributed by atoms with van der Waals surface area (Å²) in [4.78, 5) is 38.3. The molecular formula is C16H17N3O6S. The maximum absolute atomic E-state index is 12.3. The van der Waals surface area contributed by atoms with E-state index >= 15 is 0 Å². The molecule has 0 aliphatic rings. The van der Waals surface area contributed by atoms with Gasteiger partial charge in [0.05, 0.1) is 4.92 Å². The van der Waals surface area contributed by atoms with Crippen LogP contribution in [-0.4, -0.2) is 28.0 Å². The van der Waals surface area contributed by atoms with Crippen LogP contribution in [0.15, 0.2) is 35.8 Å². The molecule has 9 nitrogen and oxygen atoms in total. The smallest absolute Gasteiger partial charge is 0.408 e. The van der Waals surface area contributed by atoms with Gasteiger partial charge in [-0.25, -0.2) is 14.6 Å². The summed E-state index contributed by atoms with van der Waals surface area (Å²) in [5, 5.41) is 15.5. The van der Waals surface area contributed by atoms with Crippen molar-refractivity contribution in [1.82, 2.24) is 10.3 Å². The molecule has 0 saturated carbocycles. The number of alkyl carbamates (subject to hydrolysis) is 1. The first kappa shape index (κ1) is 19.3. The minimum Gasteiger partial charge on any atom is -0.442 e. The average Bonchev–Trinajstić information content (AvgIpc) is 3.11. The number of aromatic nitrogens is 1. The maximum Gasteiger partial charge on any atom is 0.408 e. The van der Waals surface area contributed by atoms with Crippen molar-refractivity contribution in [1.29, 1.82) is 0 Å². The van der Waals surface area contributed by atoms with Crippen LogP contribution in [0.2, 0.25) is 0 Å². The highest BCUT2D eigenvalue weighted by atomic mass is 32.1. The van der Waals surface area contributed by atoms with Crippen LogP contribution in [0, 0.1) is 16.0 Å². The number of nitrogens with one attached hydrogen (secondary N) is 1. The molecule has 0 aliphatic carbocycles. The minimum absolute atomic E-state index is 0.00567. The van der Waals surface area contributed by atoms with Gasteiger partial charge in [-0.05, 0) is 18.1 Å². The third-order valence-corrected chi connectivity index (χ3v) is 4.02. The molecule has 1 N–H and O–H groups in total. The third-order valence-electron chi connectivity index (χ3n) is 3.27. The molecule has 1 amide bonds. The third kappa shape index (κ3) is 5.52. The minimum atomic E-state index is -0.936. The Bertz CT molecular complexity index is 761. The Balaban J connectivity index is 1.93. The molecule has 1 heterocycles. The van der Waals surface area contributed by atoms with Crippen LogP contribution in [0.5, 0.6) is 5.75 Å². The zero-order valence-electron chi connectivity index (χ0n) is 14.1. The highest BCUT2D eigenvalue weighted by Crippen LogP contribution is 2.18. The Kier molecular flexibility index (Phi) is 6.61. The van der Waals surface area contributed by atoms with Gasteiger partial charge in [-0.15, -0.1) is 11.3 Å². The van der Waals surface area contributed by atoms with Crippen LogP contribution in [0.1, 0.15) is 18.9 Å². The standard InChI is InChI=1S/C16H17N3O6S/c1-10(2)14(18-16(21)24-9-13-17-7-8-26-13)15(20)25-12-5-3-11(4-6-12)19(22)23/h3-8,10,14H,9H2,1-2H3,(H,18,21). The molecule has 1 atom stereocenters. The number of carbonyl (C=O) groups is 2. The number of esters is 1. The van der Waals surface area contributed by atoms with Gasteiger partial charge in [-0.3, -0.25) is 10.1 Å². The number of benzene rings is 1. The fourth-order valence-corrected chi connectivity index (χ4v) is 2.46. The summed E-state index contributed by atoms with van der Waals surface area (Å²) in [7, 11) is 0. The normalized spacial score (nSPS) is 11.7. The second-order valence-corrected chi connectivity index (χ2v) is 6.52. The highest BCUT2D eigenvalue weighted by Gasteiger charge is 2.27. The number of hydrogen-bond donors (Lipinski definition) is 1. The largest absolute Gasteiger partial charge is 0.442 e. The Morgan fingerprint density at radius 2 is 2.00 bits per heavy atom. The number of amides is 1. The van der Waals surface area contributed by atoms with Crippen LogP contribution >= 0.6 is 11.3 Å². The predicted octanol–water partition coefficient (Wildman–Crippen LogP) is 2.91. The van der Waals surface area contributed by atoms with E-state index in [-0.39, 0.29) is 24.0 Å². The summed E-state index contributed by atoms with van der Waals surface area (Å²) < 4.78 is 10.2. The van der Waals surface area contributed by atoms with E-state index in [2.05, 4.69) is 10.3 Å². The van der Waals surface area contributed by atoms with Gasteiger partial charge >= 0.3 is 12.1 Å². The first-order valence-corrected chi connectivity index (χ1v) is 8.52. The summed E-state index contributed by atoms with van der Waals surface area (Å²) >= 11 is 1.35. The van der Waals surface area contributed by atoms with Gasteiger partial charge in [0.15, 0.2) is 0 Å². The molecule has 0 aliphatic heterocycles. The monoisotopic (exact) mass is 379 g/mol. The van der Waals surface area contributed by atoms with Crippen molar-refractivity contribution in [3.05, 3.63) is 51.0 Å². The number of nitrogens with zero attached hydrogens (tertiary/aromatic N) is 2. The second kappa shape index (κ2) is 8.90. The Morgan fingerprint density at radius 3 is 2.54 bits per heavy atom. The lowest BCUT2D eigenvalue weighted by Gasteiger charge is -2.20. The average molecular weight is 379 g/mol. The number of thiazole rings is 1. The molecule has 0 bridgehead atoms. The Morgan fingerprint density at radius 1 is 1.31 bits per heavy atom. The molecule has 0 saturated heterocycles. The molecule has 2 rings (SSSR count). The van der Waals surface area contributed by atoms with Gasteiger partial charge in [-0.1, -0.05) is 13.8 Å². The van der Waals surface area contributed by atoms with E-state index in [1.54, 1.807) is 25.4 Å². The number of hydrogen-bond acceptors (Lipinski definition) is 8. The fraction of sp³-hybridized carbons (Fsp3) is 0.312. The molecule has 0 spiro atoms. The summed E-state index contributed by atoms with van der Waals surface area (Å²) in [5.41, 5.74) is -0.117. The predicted molar refractivity (Wildman–Crippen MR) is 92.8 cm³/mol. The van der Waals surface area contributed by atoms with E-state index in [0.717, 1.165) is 0 Å². The Hall–Kier alpha value is -3.01. The van der Waals surface area contributed by atoms with Gasteiger partial charge in [0.2, 0.25) is 0 Å². The second-order valence-electron chi connectivity index (χ2n) is 5.54. The summed E-state index contributed by atoms with van der Waals surface area (Å²) in [5.74, 6) is -0.808. The van der Waals surface area contributed by atoms with Crippen molar-refractivity contribution >= 4 is 29.1 Å². The number of carbonyl (C=O) groups excluding carboxylic acids is 2. The van der Waals surface area contributed by atoms with Crippen LogP contribution in [0.4, 0.5) is 10.5 Å². The van der Waals surface area contributed by atoms with Crippen molar-refractivity contribution in [3.63, 3.8) is 0 Å². The number of nitro groups is 1. The van der Waals surface area contributed by atoms with Crippen LogP contribution in [-0.2, 0) is 16.1 Å². The molecule has 2 aromatic rings. The van der Waals surface area contributed by atoms with E-state index in [9.17, 15) is 19.7 Å². The maximum atomic E-state index is 12.3. The zero-order chi connectivity index (χ0) is 19.1. The SMILES string of the molecule is CC(C)C(NC(=O)OCc1nccs1)C(=O)Oc1ccc([N+](=O)[O-])cc1. The lowest BCUT2D eigenvalue weighted by molar-refractivity contribution is -0.384. The number of nitro benzene ring substituents is 1. The molecule has 26 heavy (non-hydrogen) atoms. The molecule has 1 aromatic carbocycles. The molecule has 0 radical (unpaired) electrons. The molecule has 10 heteroatoms. The van der Waals surface area contributed by atoms with Crippen LogP contribution < -0.4 is 10.1 Å². The number of non-ortho nitro benzene ring substituents is 1. The van der Waals surface area contributed by atoms with Crippen molar-refractivity contribution < 1.29 is 24.0 Å². The Labute approximate surface area is 153 Å². The topological polar surface area (TPSA) is 121 Å². The number of rotatable bonds is 7. The van der Waals surface area contributed by atoms with Crippen molar-refractivity contribution in [2.24, 2.45) is 5.92 Å². The lowest BCUT2D eigenvalue weighted by atomic mass is 10.1. The van der Waals surface area contributed by atoms with E-state index in [1.807, 2.05) is 0 Å². The van der Waals surface area contributed by atoms with E-state index in [4.69, 9.17) is 9.47 Å². The van der Waals surface area contributed by atoms with Crippen LogP contribution in [0.3, 0.4) is 0 Å². The first-order chi connectivity index (χ1) is 12.4. The van der Waals surface area contributed by atoms with Gasteiger partial charge in [0, 0.05) is 23.7 Å². The zero-order valence-corrected chi connectivity index (χ0v) is 14.9. The molecule has 1 aromatic heterocycles. The van der Waals surface area contributed by atoms with E-state index in [1.165, 1.54) is 35.6 Å². The number of ether oxygens (including phenoxy) is 2. The molecular weight excluding hydrogens is 362 g/mol. The van der Waals surface area contributed by atoms with Gasteiger partial charge in [0.25, 0.3) is 5.69 Å². The molecule has 1 unspecified atom stereocenters. The highest BCUT2D eigenvalue weighted by molar-refractivity contribution is 7.09. The lowest BCUT2D eigenvalue weighted by Crippen LogP contribution is -2.46. The van der Waals surface area contributed by atoms with Crippen LogP contribution in [0.25, 0.3) is 0 Å². The molecule has 138 valence electrons.